The molecule has 1 aliphatic rings. The molecule has 2 aromatic carbocycles. The number of carbonyl (C=O) groups is 2. The van der Waals surface area contributed by atoms with Crippen LogP contribution in [0.3, 0.4) is 0 Å². The van der Waals surface area contributed by atoms with Crippen molar-refractivity contribution in [2.45, 2.75) is 19.2 Å². The summed E-state index contributed by atoms with van der Waals surface area (Å²) < 4.78 is 13.0. The van der Waals surface area contributed by atoms with Gasteiger partial charge in [-0.1, -0.05) is 17.7 Å². The van der Waals surface area contributed by atoms with E-state index in [2.05, 4.69) is 5.32 Å². The minimum atomic E-state index is -0.686. The summed E-state index contributed by atoms with van der Waals surface area (Å²) in [5, 5.41) is 2.05. The third-order valence-electron chi connectivity index (χ3n) is 3.60. The van der Waals surface area contributed by atoms with Crippen LogP contribution in [-0.4, -0.2) is 16.5 Å². The fourth-order valence-corrected chi connectivity index (χ4v) is 3.34. The first-order chi connectivity index (χ1) is 11.0. The predicted octanol–water partition coefficient (Wildman–Crippen LogP) is 4.08. The van der Waals surface area contributed by atoms with Crippen LogP contribution >= 0.6 is 11.8 Å². The van der Waals surface area contributed by atoms with Crippen molar-refractivity contribution in [3.63, 3.8) is 0 Å². The minimum absolute atomic E-state index is 0.355. The predicted molar refractivity (Wildman–Crippen MR) is 90.2 cm³/mol. The number of nitrogens with zero attached hydrogens (tertiary/aromatic N) is 1. The summed E-state index contributed by atoms with van der Waals surface area (Å²) in [4.78, 5) is 25.7. The number of carbonyl (C=O) groups excluding carboxylic acids is 2. The summed E-state index contributed by atoms with van der Waals surface area (Å²) in [6.07, 6.45) is 0. The highest BCUT2D eigenvalue weighted by Gasteiger charge is 2.40. The Labute approximate surface area is 137 Å². The van der Waals surface area contributed by atoms with Gasteiger partial charge in [0.05, 0.1) is 5.69 Å². The van der Waals surface area contributed by atoms with Gasteiger partial charge in [0.1, 0.15) is 5.82 Å². The van der Waals surface area contributed by atoms with Gasteiger partial charge >= 0.3 is 0 Å². The Hall–Kier alpha value is -2.34. The number of thioether (sulfide) groups is 1. The van der Waals surface area contributed by atoms with E-state index in [1.54, 1.807) is 0 Å². The average Bonchev–Trinajstić information content (AvgIpc) is 2.78. The van der Waals surface area contributed by atoms with Gasteiger partial charge in [-0.25, -0.2) is 9.29 Å². The first-order valence-electron chi connectivity index (χ1n) is 7.09. The largest absolute Gasteiger partial charge is 0.365 e. The van der Waals surface area contributed by atoms with E-state index < -0.39 is 11.2 Å². The van der Waals surface area contributed by atoms with Gasteiger partial charge in [-0.15, -0.1) is 0 Å². The molecule has 118 valence electrons. The van der Waals surface area contributed by atoms with Crippen LogP contribution in [0.1, 0.15) is 11.1 Å². The first kappa shape index (κ1) is 15.6. The fourth-order valence-electron chi connectivity index (χ4n) is 2.44. The molecule has 4 nitrogen and oxygen atoms in total. The standard InChI is InChI=1S/C17H15FN2O2S/c1-10-3-8-14(11(2)9-10)19-15-16(21)20(17(22)23-15)13-6-4-12(18)5-7-13/h3-9,15,19H,1-2H3/t15-/m1/s1. The maximum Gasteiger partial charge on any atom is 0.295 e. The van der Waals surface area contributed by atoms with Crippen LogP contribution < -0.4 is 10.2 Å². The Kier molecular flexibility index (Phi) is 4.09. The van der Waals surface area contributed by atoms with Crippen molar-refractivity contribution in [2.75, 3.05) is 10.2 Å². The molecule has 3 rings (SSSR count). The molecule has 1 atom stereocenters. The molecule has 0 radical (unpaired) electrons. The maximum absolute atomic E-state index is 13.0. The highest BCUT2D eigenvalue weighted by atomic mass is 32.2. The number of imide groups is 1. The van der Waals surface area contributed by atoms with Crippen LogP contribution in [0.2, 0.25) is 0 Å². The molecule has 1 aliphatic heterocycles. The van der Waals surface area contributed by atoms with Crippen LogP contribution in [0.4, 0.5) is 20.6 Å². The molecule has 23 heavy (non-hydrogen) atoms. The number of halogens is 1. The van der Waals surface area contributed by atoms with Gasteiger partial charge in [0.25, 0.3) is 11.1 Å². The van der Waals surface area contributed by atoms with E-state index in [1.807, 2.05) is 32.0 Å². The zero-order chi connectivity index (χ0) is 16.6. The van der Waals surface area contributed by atoms with Crippen LogP contribution in [0.15, 0.2) is 42.5 Å². The van der Waals surface area contributed by atoms with Crippen molar-refractivity contribution in [1.82, 2.24) is 0 Å². The van der Waals surface area contributed by atoms with Crippen LogP contribution in [0, 0.1) is 19.7 Å². The molecule has 0 unspecified atom stereocenters. The molecule has 0 spiro atoms. The summed E-state index contributed by atoms with van der Waals surface area (Å²) in [5.74, 6) is -0.767. The molecule has 0 aliphatic carbocycles. The maximum atomic E-state index is 13.0. The van der Waals surface area contributed by atoms with E-state index in [4.69, 9.17) is 0 Å². The van der Waals surface area contributed by atoms with E-state index in [9.17, 15) is 14.0 Å². The third kappa shape index (κ3) is 3.07. The lowest BCUT2D eigenvalue weighted by Crippen LogP contribution is -2.34. The van der Waals surface area contributed by atoms with Gasteiger partial charge in [0.2, 0.25) is 0 Å². The van der Waals surface area contributed by atoms with Crippen molar-refractivity contribution in [3.8, 4) is 0 Å². The molecule has 0 saturated carbocycles. The number of aryl methyl sites for hydroxylation is 2. The second kappa shape index (κ2) is 6.04. The first-order valence-corrected chi connectivity index (χ1v) is 7.97. The SMILES string of the molecule is Cc1ccc(N[C@@H]2SC(=O)N(c3ccc(F)cc3)C2=O)c(C)c1. The summed E-state index contributed by atoms with van der Waals surface area (Å²) >= 11 is 0.921. The van der Waals surface area contributed by atoms with E-state index in [0.29, 0.717) is 5.69 Å². The minimum Gasteiger partial charge on any atom is -0.365 e. The number of anilines is 2. The zero-order valence-corrected chi connectivity index (χ0v) is 13.5. The Balaban J connectivity index is 1.82. The van der Waals surface area contributed by atoms with Crippen LogP contribution in [0.5, 0.6) is 0 Å². The highest BCUT2D eigenvalue weighted by Crippen LogP contribution is 2.33. The van der Waals surface area contributed by atoms with Gasteiger partial charge in [-0.05, 0) is 61.5 Å². The molecule has 0 aromatic heterocycles. The quantitative estimate of drug-likeness (QED) is 0.921. The molecule has 2 aromatic rings. The van der Waals surface area contributed by atoms with Crippen molar-refractivity contribution in [2.24, 2.45) is 0 Å². The zero-order valence-electron chi connectivity index (χ0n) is 12.7. The fraction of sp³-hybridized carbons (Fsp3) is 0.176. The van der Waals surface area contributed by atoms with Gasteiger partial charge in [0, 0.05) is 5.69 Å². The van der Waals surface area contributed by atoms with Crippen molar-refractivity contribution in [3.05, 3.63) is 59.4 Å². The van der Waals surface area contributed by atoms with E-state index in [-0.39, 0.29) is 11.1 Å². The number of rotatable bonds is 3. The number of hydrogen-bond acceptors (Lipinski definition) is 4. The van der Waals surface area contributed by atoms with E-state index >= 15 is 0 Å². The monoisotopic (exact) mass is 330 g/mol. The topological polar surface area (TPSA) is 49.4 Å². The van der Waals surface area contributed by atoms with Gasteiger partial charge in [-0.3, -0.25) is 9.59 Å². The number of hydrogen-bond donors (Lipinski definition) is 1. The van der Waals surface area contributed by atoms with Crippen LogP contribution in [0.25, 0.3) is 0 Å². The molecule has 1 fully saturated rings. The van der Waals surface area contributed by atoms with E-state index in [0.717, 1.165) is 33.5 Å². The van der Waals surface area contributed by atoms with Gasteiger partial charge in [0.15, 0.2) is 5.37 Å². The van der Waals surface area contributed by atoms with Crippen molar-refractivity contribution < 1.29 is 14.0 Å². The second-order valence-electron chi connectivity index (χ2n) is 5.38. The third-order valence-corrected chi connectivity index (χ3v) is 4.54. The average molecular weight is 330 g/mol. The molecule has 1 N–H and O–H groups in total. The summed E-state index contributed by atoms with van der Waals surface area (Å²) in [7, 11) is 0. The second-order valence-corrected chi connectivity index (χ2v) is 6.43. The Bertz CT molecular complexity index is 777. The summed E-state index contributed by atoms with van der Waals surface area (Å²) in [6.45, 7) is 3.94. The van der Waals surface area contributed by atoms with Gasteiger partial charge < -0.3 is 5.32 Å². The van der Waals surface area contributed by atoms with Gasteiger partial charge in [-0.2, -0.15) is 0 Å². The number of amides is 2. The lowest BCUT2D eigenvalue weighted by Gasteiger charge is -2.16. The summed E-state index contributed by atoms with van der Waals surface area (Å²) in [5.41, 5.74) is 3.32. The summed E-state index contributed by atoms with van der Waals surface area (Å²) in [6, 6.07) is 11.1. The Morgan fingerprint density at radius 3 is 2.43 bits per heavy atom. The highest BCUT2D eigenvalue weighted by molar-refractivity contribution is 8.16. The molecular formula is C17H15FN2O2S. The molecular weight excluding hydrogens is 315 g/mol. The molecule has 1 saturated heterocycles. The number of nitrogens with one attached hydrogen (secondary N) is 1. The smallest absolute Gasteiger partial charge is 0.295 e. The van der Waals surface area contributed by atoms with Crippen molar-refractivity contribution >= 4 is 34.3 Å². The Morgan fingerprint density at radius 2 is 1.78 bits per heavy atom. The Morgan fingerprint density at radius 1 is 1.09 bits per heavy atom. The lowest BCUT2D eigenvalue weighted by molar-refractivity contribution is -0.116. The number of benzene rings is 2. The van der Waals surface area contributed by atoms with Crippen LogP contribution in [-0.2, 0) is 4.79 Å². The molecule has 0 bridgehead atoms. The molecule has 2 amide bonds. The molecule has 6 heteroatoms. The normalized spacial score (nSPS) is 17.7. The lowest BCUT2D eigenvalue weighted by atomic mass is 10.1. The van der Waals surface area contributed by atoms with Crippen molar-refractivity contribution in [1.29, 1.82) is 0 Å². The molecule has 1 heterocycles. The van der Waals surface area contributed by atoms with E-state index in [1.165, 1.54) is 24.3 Å².